The summed E-state index contributed by atoms with van der Waals surface area (Å²) < 4.78 is 30.7. The minimum atomic E-state index is -4.44. The number of esters is 1. The van der Waals surface area contributed by atoms with Crippen molar-refractivity contribution >= 4 is 19.7 Å². The summed E-state index contributed by atoms with van der Waals surface area (Å²) in [7, 11) is 1.52. The second-order valence-corrected chi connectivity index (χ2v) is 25.5. The summed E-state index contributed by atoms with van der Waals surface area (Å²) in [6, 6.07) is -0.839. The molecule has 9 nitrogen and oxygen atoms in total. The van der Waals surface area contributed by atoms with E-state index in [4.69, 9.17) is 13.8 Å². The summed E-state index contributed by atoms with van der Waals surface area (Å²) >= 11 is 0. The van der Waals surface area contributed by atoms with Crippen molar-refractivity contribution in [3.63, 3.8) is 0 Å². The molecule has 2 N–H and O–H groups in total. The minimum Gasteiger partial charge on any atom is -0.456 e. The molecule has 75 heavy (non-hydrogen) atoms. The Bertz CT molecular complexity index is 1290. The van der Waals surface area contributed by atoms with Crippen molar-refractivity contribution in [3.05, 3.63) is 12.2 Å². The van der Waals surface area contributed by atoms with E-state index < -0.39 is 20.0 Å². The van der Waals surface area contributed by atoms with E-state index in [-0.39, 0.29) is 25.1 Å². The molecule has 10 heteroatoms. The number of amides is 1. The highest BCUT2D eigenvalue weighted by molar-refractivity contribution is 7.47. The number of rotatable bonds is 61. The van der Waals surface area contributed by atoms with E-state index in [9.17, 15) is 19.0 Å². The number of unbranched alkanes of at least 4 members (excludes halogenated alkanes) is 45. The van der Waals surface area contributed by atoms with E-state index in [1.807, 2.05) is 33.3 Å². The first-order chi connectivity index (χ1) is 36.4. The summed E-state index contributed by atoms with van der Waals surface area (Å²) in [4.78, 5) is 37.7. The predicted molar refractivity (Wildman–Crippen MR) is 323 cm³/mol. The second-order valence-electron chi connectivity index (χ2n) is 24.0. The van der Waals surface area contributed by atoms with Crippen LogP contribution in [0.25, 0.3) is 0 Å². The molecular weight excluding hydrogens is 952 g/mol. The smallest absolute Gasteiger partial charge is 0.456 e. The van der Waals surface area contributed by atoms with Crippen molar-refractivity contribution < 1.29 is 37.3 Å². The first-order valence-electron chi connectivity index (χ1n) is 33.0. The molecule has 3 unspecified atom stereocenters. The third-order valence-electron chi connectivity index (χ3n) is 15.2. The lowest BCUT2D eigenvalue weighted by Crippen LogP contribution is -2.47. The van der Waals surface area contributed by atoms with Gasteiger partial charge in [-0.25, -0.2) is 4.57 Å². The number of hydrogen-bond donors (Lipinski definition) is 2. The Morgan fingerprint density at radius 1 is 0.453 bits per heavy atom. The van der Waals surface area contributed by atoms with Gasteiger partial charge in [0.15, 0.2) is 0 Å². The number of allylic oxidation sites excluding steroid dienone is 1. The Hall–Kier alpha value is -1.25. The van der Waals surface area contributed by atoms with E-state index in [2.05, 4.69) is 26.1 Å². The molecule has 0 aliphatic heterocycles. The largest absolute Gasteiger partial charge is 0.472 e. The fraction of sp³-hybridized carbons (Fsp3) is 0.938. The van der Waals surface area contributed by atoms with Crippen LogP contribution in [0, 0.1) is 0 Å². The predicted octanol–water partition coefficient (Wildman–Crippen LogP) is 20.3. The highest BCUT2D eigenvalue weighted by atomic mass is 31.2. The molecule has 0 aliphatic carbocycles. The van der Waals surface area contributed by atoms with E-state index >= 15 is 0 Å². The van der Waals surface area contributed by atoms with Gasteiger partial charge in [0.1, 0.15) is 19.3 Å². The number of quaternary nitrogens is 1. The molecule has 0 aromatic rings. The van der Waals surface area contributed by atoms with Gasteiger partial charge in [0, 0.05) is 12.8 Å². The molecule has 0 bridgehead atoms. The van der Waals surface area contributed by atoms with Crippen LogP contribution in [0.1, 0.15) is 342 Å². The number of likely N-dealkylation sites (N-methyl/N-ethyl adjacent to an activating group) is 1. The average Bonchev–Trinajstić information content (AvgIpc) is 3.37. The van der Waals surface area contributed by atoms with Crippen molar-refractivity contribution in [2.45, 2.75) is 354 Å². The Kier molecular flexibility index (Phi) is 55.1. The summed E-state index contributed by atoms with van der Waals surface area (Å²) in [5.74, 6) is -0.481. The SMILES string of the molecule is CCCCCCCCCCCCC/C=C\C(OC(=O)CCCCCCCCCCCCCCCCCCCCCCCCC)C(COP(=O)(O)OCC[N+](C)(C)C)NC(=O)CCCCCCCCCCCCCCC. The maximum absolute atomic E-state index is 13.5. The molecule has 0 heterocycles. The Morgan fingerprint density at radius 3 is 1.09 bits per heavy atom. The van der Waals surface area contributed by atoms with Gasteiger partial charge in [0.05, 0.1) is 33.8 Å². The summed E-state index contributed by atoms with van der Waals surface area (Å²) in [6.45, 7) is 7.07. The molecule has 1 amide bonds. The van der Waals surface area contributed by atoms with Crippen molar-refractivity contribution in [3.8, 4) is 0 Å². The van der Waals surface area contributed by atoms with Gasteiger partial charge in [-0.3, -0.25) is 18.6 Å². The highest BCUT2D eigenvalue weighted by Crippen LogP contribution is 2.43. The third-order valence-corrected chi connectivity index (χ3v) is 16.2. The molecule has 0 rings (SSSR count). The van der Waals surface area contributed by atoms with Gasteiger partial charge in [0.2, 0.25) is 5.91 Å². The van der Waals surface area contributed by atoms with Crippen LogP contribution >= 0.6 is 7.82 Å². The molecule has 0 saturated carbocycles. The number of carbonyl (C=O) groups excluding carboxylic acids is 2. The molecule has 446 valence electrons. The Labute approximate surface area is 467 Å². The van der Waals surface area contributed by atoms with Crippen LogP contribution in [0.3, 0.4) is 0 Å². The van der Waals surface area contributed by atoms with Crippen molar-refractivity contribution in [1.29, 1.82) is 0 Å². The molecule has 0 saturated heterocycles. The maximum atomic E-state index is 13.5. The molecule has 3 atom stereocenters. The monoisotopic (exact) mass is 1080 g/mol. The first kappa shape index (κ1) is 73.8. The van der Waals surface area contributed by atoms with Crippen molar-refractivity contribution in [2.24, 2.45) is 0 Å². The van der Waals surface area contributed by atoms with Gasteiger partial charge in [-0.15, -0.1) is 0 Å². The third kappa shape index (κ3) is 57.3. The molecule has 0 radical (unpaired) electrons. The van der Waals surface area contributed by atoms with Gasteiger partial charge in [-0.1, -0.05) is 309 Å². The van der Waals surface area contributed by atoms with Crippen molar-refractivity contribution in [1.82, 2.24) is 5.32 Å². The minimum absolute atomic E-state index is 0.0458. The molecule has 0 aromatic carbocycles. The Morgan fingerprint density at radius 2 is 0.760 bits per heavy atom. The fourth-order valence-corrected chi connectivity index (χ4v) is 10.9. The summed E-state index contributed by atoms with van der Waals surface area (Å²) in [5, 5.41) is 3.07. The normalized spacial score (nSPS) is 13.6. The zero-order chi connectivity index (χ0) is 55.0. The number of ether oxygens (including phenoxy) is 1. The van der Waals surface area contributed by atoms with Crippen LogP contribution in [0.15, 0.2) is 12.2 Å². The first-order valence-corrected chi connectivity index (χ1v) is 34.5. The summed E-state index contributed by atoms with van der Waals surface area (Å²) in [6.07, 6.45) is 65.0. The lowest BCUT2D eigenvalue weighted by Gasteiger charge is -2.27. The number of carbonyl (C=O) groups is 2. The molecule has 0 aliphatic rings. The quantitative estimate of drug-likeness (QED) is 0.0205. The molecule has 0 spiro atoms. The zero-order valence-corrected chi connectivity index (χ0v) is 52.0. The number of hydrogen-bond acceptors (Lipinski definition) is 6. The van der Waals surface area contributed by atoms with Gasteiger partial charge in [0.25, 0.3) is 0 Å². The lowest BCUT2D eigenvalue weighted by atomic mass is 10.0. The standard InChI is InChI=1S/C65H129N2O7P/c1-7-10-13-16-19-22-25-28-29-30-31-32-33-34-35-36-37-40-43-46-49-52-55-58-65(69)74-63(56-53-50-47-44-41-38-26-23-20-17-14-11-8-2)62(61-73-75(70,71)72-60-59-67(4,5)6)66-64(68)57-54-51-48-45-42-39-27-24-21-18-15-12-9-3/h53,56,62-63H,7-52,54-55,57-61H2,1-6H3,(H-,66,68,70,71)/p+1/b56-53-. The summed E-state index contributed by atoms with van der Waals surface area (Å²) in [5.41, 5.74) is 0. The molecule has 0 aromatic heterocycles. The molecular formula is C65H130N2O7P+. The van der Waals surface area contributed by atoms with Crippen LogP contribution in [0.4, 0.5) is 0 Å². The van der Waals surface area contributed by atoms with Gasteiger partial charge >= 0.3 is 13.8 Å². The van der Waals surface area contributed by atoms with E-state index in [1.165, 1.54) is 250 Å². The van der Waals surface area contributed by atoms with E-state index in [0.29, 0.717) is 23.9 Å². The van der Waals surface area contributed by atoms with E-state index in [1.54, 1.807) is 0 Å². The van der Waals surface area contributed by atoms with Crippen molar-refractivity contribution in [2.75, 3.05) is 40.9 Å². The fourth-order valence-electron chi connectivity index (χ4n) is 10.1. The van der Waals surface area contributed by atoms with Crippen LogP contribution in [0.2, 0.25) is 0 Å². The molecule has 0 fully saturated rings. The number of phosphoric acid groups is 1. The van der Waals surface area contributed by atoms with Crippen LogP contribution in [0.5, 0.6) is 0 Å². The van der Waals surface area contributed by atoms with E-state index in [0.717, 1.165) is 57.8 Å². The number of nitrogens with one attached hydrogen (secondary N) is 1. The van der Waals surface area contributed by atoms with Gasteiger partial charge in [-0.2, -0.15) is 0 Å². The van der Waals surface area contributed by atoms with Crippen LogP contribution < -0.4 is 5.32 Å². The van der Waals surface area contributed by atoms with Crippen LogP contribution in [-0.4, -0.2) is 74.3 Å². The number of phosphoric ester groups is 1. The Balaban J connectivity index is 5.09. The van der Waals surface area contributed by atoms with Crippen LogP contribution in [-0.2, 0) is 27.9 Å². The average molecular weight is 1080 g/mol. The zero-order valence-electron chi connectivity index (χ0n) is 51.1. The number of nitrogens with zero attached hydrogens (tertiary/aromatic N) is 1. The van der Waals surface area contributed by atoms with Gasteiger partial charge in [-0.05, 0) is 31.8 Å². The lowest BCUT2D eigenvalue weighted by molar-refractivity contribution is -0.870. The highest BCUT2D eigenvalue weighted by Gasteiger charge is 2.30. The second kappa shape index (κ2) is 56.0. The maximum Gasteiger partial charge on any atom is 0.472 e. The topological polar surface area (TPSA) is 111 Å². The van der Waals surface area contributed by atoms with Gasteiger partial charge < -0.3 is 19.4 Å².